The van der Waals surface area contributed by atoms with Gasteiger partial charge in [0.05, 0.1) is 17.7 Å². The van der Waals surface area contributed by atoms with Crippen molar-refractivity contribution >= 4 is 17.7 Å². The maximum atomic E-state index is 12.4. The molecule has 24 heavy (non-hydrogen) atoms. The summed E-state index contributed by atoms with van der Waals surface area (Å²) in [6, 6.07) is 13.8. The zero-order chi connectivity index (χ0) is 17.1. The lowest BCUT2D eigenvalue weighted by Gasteiger charge is -2.14. The minimum Gasteiger partial charge on any atom is -0.352 e. The Bertz CT molecular complexity index is 779. The van der Waals surface area contributed by atoms with Crippen LogP contribution in [0.1, 0.15) is 50.0 Å². The van der Waals surface area contributed by atoms with Crippen LogP contribution in [-0.2, 0) is 6.54 Å². The summed E-state index contributed by atoms with van der Waals surface area (Å²) in [5.74, 6) is -0.742. The zero-order valence-corrected chi connectivity index (χ0v) is 13.4. The molecule has 0 fully saturated rings. The van der Waals surface area contributed by atoms with Gasteiger partial charge in [-0.05, 0) is 36.2 Å². The van der Waals surface area contributed by atoms with Crippen LogP contribution in [0, 0.1) is 0 Å². The summed E-state index contributed by atoms with van der Waals surface area (Å²) in [5, 5.41) is 2.81. The highest BCUT2D eigenvalue weighted by molar-refractivity contribution is 6.21. The van der Waals surface area contributed by atoms with Gasteiger partial charge in [0.25, 0.3) is 17.7 Å². The van der Waals surface area contributed by atoms with E-state index in [0.717, 1.165) is 12.0 Å². The highest BCUT2D eigenvalue weighted by Gasteiger charge is 2.34. The molecule has 0 unspecified atom stereocenters. The quantitative estimate of drug-likeness (QED) is 0.861. The second kappa shape index (κ2) is 6.66. The molecular weight excluding hydrogens is 304 g/mol. The SMILES string of the molecule is CCCNC(=O)c1cccc(CN2C(=O)c3ccccc3C2=O)c1. The van der Waals surface area contributed by atoms with Gasteiger partial charge in [-0.2, -0.15) is 0 Å². The number of amides is 3. The number of rotatable bonds is 5. The van der Waals surface area contributed by atoms with Crippen LogP contribution >= 0.6 is 0 Å². The molecule has 3 rings (SSSR count). The molecule has 0 radical (unpaired) electrons. The lowest BCUT2D eigenvalue weighted by Crippen LogP contribution is -2.29. The molecule has 0 aromatic heterocycles. The maximum Gasteiger partial charge on any atom is 0.261 e. The molecular formula is C19H18N2O3. The van der Waals surface area contributed by atoms with E-state index in [1.165, 1.54) is 4.90 Å². The van der Waals surface area contributed by atoms with E-state index in [2.05, 4.69) is 5.32 Å². The molecule has 5 nitrogen and oxygen atoms in total. The summed E-state index contributed by atoms with van der Waals surface area (Å²) >= 11 is 0. The number of hydrogen-bond donors (Lipinski definition) is 1. The average Bonchev–Trinajstić information content (AvgIpc) is 2.85. The minimum atomic E-state index is -0.295. The van der Waals surface area contributed by atoms with Crippen LogP contribution in [0.5, 0.6) is 0 Å². The Morgan fingerprint density at radius 3 is 2.29 bits per heavy atom. The average molecular weight is 322 g/mol. The largest absolute Gasteiger partial charge is 0.352 e. The predicted octanol–water partition coefficient (Wildman–Crippen LogP) is 2.62. The molecule has 1 aliphatic heterocycles. The Balaban J connectivity index is 1.79. The topological polar surface area (TPSA) is 66.5 Å². The Hall–Kier alpha value is -2.95. The molecule has 1 N–H and O–H groups in total. The van der Waals surface area contributed by atoms with Gasteiger partial charge in [0.2, 0.25) is 0 Å². The molecule has 5 heteroatoms. The summed E-state index contributed by atoms with van der Waals surface area (Å²) in [4.78, 5) is 38.1. The lowest BCUT2D eigenvalue weighted by atomic mass is 10.1. The summed E-state index contributed by atoms with van der Waals surface area (Å²) in [6.45, 7) is 2.75. The van der Waals surface area contributed by atoms with E-state index >= 15 is 0 Å². The molecule has 2 aromatic rings. The molecule has 0 saturated carbocycles. The second-order valence-corrected chi connectivity index (χ2v) is 5.70. The third-order valence-electron chi connectivity index (χ3n) is 3.94. The zero-order valence-electron chi connectivity index (χ0n) is 13.4. The standard InChI is InChI=1S/C19H18N2O3/c1-2-10-20-17(22)14-7-5-6-13(11-14)12-21-18(23)15-8-3-4-9-16(15)19(21)24/h3-9,11H,2,10,12H2,1H3,(H,20,22). The van der Waals surface area contributed by atoms with Crippen molar-refractivity contribution in [3.8, 4) is 0 Å². The van der Waals surface area contributed by atoms with Crippen molar-refractivity contribution in [3.63, 3.8) is 0 Å². The van der Waals surface area contributed by atoms with E-state index in [0.29, 0.717) is 23.2 Å². The summed E-state index contributed by atoms with van der Waals surface area (Å²) in [6.07, 6.45) is 0.862. The fourth-order valence-electron chi connectivity index (χ4n) is 2.72. The van der Waals surface area contributed by atoms with Crippen LogP contribution in [0.3, 0.4) is 0 Å². The van der Waals surface area contributed by atoms with Gasteiger partial charge < -0.3 is 5.32 Å². The third kappa shape index (κ3) is 2.93. The van der Waals surface area contributed by atoms with E-state index in [1.807, 2.05) is 6.92 Å². The number of nitrogens with zero attached hydrogens (tertiary/aromatic N) is 1. The van der Waals surface area contributed by atoms with Crippen molar-refractivity contribution in [2.24, 2.45) is 0 Å². The van der Waals surface area contributed by atoms with Crippen LogP contribution < -0.4 is 5.32 Å². The van der Waals surface area contributed by atoms with Crippen molar-refractivity contribution in [1.29, 1.82) is 0 Å². The van der Waals surface area contributed by atoms with Gasteiger partial charge in [-0.1, -0.05) is 31.2 Å². The van der Waals surface area contributed by atoms with Gasteiger partial charge in [0.15, 0.2) is 0 Å². The molecule has 0 saturated heterocycles. The number of nitrogens with one attached hydrogen (secondary N) is 1. The number of imide groups is 1. The molecule has 0 aliphatic carbocycles. The number of carbonyl (C=O) groups is 3. The van der Waals surface area contributed by atoms with E-state index in [4.69, 9.17) is 0 Å². The van der Waals surface area contributed by atoms with Crippen molar-refractivity contribution < 1.29 is 14.4 Å². The van der Waals surface area contributed by atoms with Gasteiger partial charge in [-0.3, -0.25) is 19.3 Å². The van der Waals surface area contributed by atoms with Crippen LogP contribution in [0.2, 0.25) is 0 Å². The first kappa shape index (κ1) is 15.9. The smallest absolute Gasteiger partial charge is 0.261 e. The molecule has 0 spiro atoms. The first-order chi connectivity index (χ1) is 11.6. The molecule has 0 atom stereocenters. The van der Waals surface area contributed by atoms with Crippen LogP contribution in [0.25, 0.3) is 0 Å². The van der Waals surface area contributed by atoms with Gasteiger partial charge in [0.1, 0.15) is 0 Å². The molecule has 1 aliphatic rings. The van der Waals surface area contributed by atoms with Gasteiger partial charge in [-0.15, -0.1) is 0 Å². The highest BCUT2D eigenvalue weighted by atomic mass is 16.2. The van der Waals surface area contributed by atoms with E-state index in [1.54, 1.807) is 48.5 Å². The highest BCUT2D eigenvalue weighted by Crippen LogP contribution is 2.24. The molecule has 1 heterocycles. The maximum absolute atomic E-state index is 12.4. The Morgan fingerprint density at radius 1 is 1.00 bits per heavy atom. The number of hydrogen-bond acceptors (Lipinski definition) is 3. The van der Waals surface area contributed by atoms with E-state index in [-0.39, 0.29) is 24.3 Å². The van der Waals surface area contributed by atoms with Crippen LogP contribution in [0.15, 0.2) is 48.5 Å². The van der Waals surface area contributed by atoms with Gasteiger partial charge >= 0.3 is 0 Å². The van der Waals surface area contributed by atoms with E-state index < -0.39 is 0 Å². The van der Waals surface area contributed by atoms with Gasteiger partial charge in [-0.25, -0.2) is 0 Å². The van der Waals surface area contributed by atoms with Crippen molar-refractivity contribution in [1.82, 2.24) is 10.2 Å². The monoisotopic (exact) mass is 322 g/mol. The second-order valence-electron chi connectivity index (χ2n) is 5.70. The summed E-state index contributed by atoms with van der Waals surface area (Å²) in [5.41, 5.74) is 2.13. The normalized spacial score (nSPS) is 13.1. The first-order valence-corrected chi connectivity index (χ1v) is 7.94. The Morgan fingerprint density at radius 2 is 1.67 bits per heavy atom. The van der Waals surface area contributed by atoms with Crippen molar-refractivity contribution in [2.45, 2.75) is 19.9 Å². The number of fused-ring (bicyclic) bond motifs is 1. The fraction of sp³-hybridized carbons (Fsp3) is 0.211. The van der Waals surface area contributed by atoms with Crippen LogP contribution in [0.4, 0.5) is 0 Å². The Kier molecular flexibility index (Phi) is 4.42. The molecule has 122 valence electrons. The van der Waals surface area contributed by atoms with Crippen molar-refractivity contribution in [2.75, 3.05) is 6.54 Å². The lowest BCUT2D eigenvalue weighted by molar-refractivity contribution is 0.0642. The van der Waals surface area contributed by atoms with Gasteiger partial charge in [0, 0.05) is 12.1 Å². The number of benzene rings is 2. The summed E-state index contributed by atoms with van der Waals surface area (Å²) in [7, 11) is 0. The molecule has 0 bridgehead atoms. The van der Waals surface area contributed by atoms with Crippen molar-refractivity contribution in [3.05, 3.63) is 70.8 Å². The third-order valence-corrected chi connectivity index (χ3v) is 3.94. The summed E-state index contributed by atoms with van der Waals surface area (Å²) < 4.78 is 0. The number of carbonyl (C=O) groups excluding carboxylic acids is 3. The minimum absolute atomic E-state index is 0.152. The predicted molar refractivity (Wildman–Crippen MR) is 89.7 cm³/mol. The fourth-order valence-corrected chi connectivity index (χ4v) is 2.72. The molecule has 2 aromatic carbocycles. The molecule has 3 amide bonds. The van der Waals surface area contributed by atoms with Crippen LogP contribution in [-0.4, -0.2) is 29.2 Å². The van der Waals surface area contributed by atoms with E-state index in [9.17, 15) is 14.4 Å². The Labute approximate surface area is 140 Å². The first-order valence-electron chi connectivity index (χ1n) is 7.94.